The number of benzene rings is 2. The van der Waals surface area contributed by atoms with Gasteiger partial charge in [0.1, 0.15) is 18.7 Å². The molecular formula is C29H39N5O7. The SMILES string of the molecule is CCC[C@H](NC(=O)[C@H](CCC(N)=O)NC(=O)C[C@H](O)[C@H](Cc1ccccc1)NC(=O)OCc1ccccc1)C(N)=O. The summed E-state index contributed by atoms with van der Waals surface area (Å²) in [5.41, 5.74) is 12.2. The lowest BCUT2D eigenvalue weighted by atomic mass is 9.98. The van der Waals surface area contributed by atoms with Crippen LogP contribution in [0.15, 0.2) is 60.7 Å². The molecule has 222 valence electrons. The summed E-state index contributed by atoms with van der Waals surface area (Å²) in [6.07, 6.45) is -1.90. The second-order valence-electron chi connectivity index (χ2n) is 9.65. The molecule has 5 amide bonds. The molecule has 2 aromatic carbocycles. The molecule has 41 heavy (non-hydrogen) atoms. The fourth-order valence-corrected chi connectivity index (χ4v) is 4.05. The Morgan fingerprint density at radius 3 is 2.00 bits per heavy atom. The number of hydrogen-bond acceptors (Lipinski definition) is 7. The minimum absolute atomic E-state index is 0.0162. The van der Waals surface area contributed by atoms with E-state index in [0.717, 1.165) is 11.1 Å². The Morgan fingerprint density at radius 2 is 1.44 bits per heavy atom. The third-order valence-electron chi connectivity index (χ3n) is 6.24. The molecule has 12 nitrogen and oxygen atoms in total. The van der Waals surface area contributed by atoms with Gasteiger partial charge in [-0.15, -0.1) is 0 Å². The highest BCUT2D eigenvalue weighted by atomic mass is 16.5. The number of carbonyl (C=O) groups is 5. The molecule has 0 unspecified atom stereocenters. The third-order valence-corrected chi connectivity index (χ3v) is 6.24. The highest BCUT2D eigenvalue weighted by Crippen LogP contribution is 2.11. The number of rotatable bonds is 17. The molecule has 0 spiro atoms. The van der Waals surface area contributed by atoms with E-state index in [1.165, 1.54) is 0 Å². The molecule has 8 N–H and O–H groups in total. The fourth-order valence-electron chi connectivity index (χ4n) is 4.05. The number of aliphatic hydroxyl groups is 1. The molecule has 0 radical (unpaired) electrons. The topological polar surface area (TPSA) is 203 Å². The minimum atomic E-state index is -1.36. The lowest BCUT2D eigenvalue weighted by Crippen LogP contribution is -2.54. The molecule has 0 aliphatic heterocycles. The van der Waals surface area contributed by atoms with Crippen molar-refractivity contribution >= 4 is 29.7 Å². The molecule has 0 saturated carbocycles. The van der Waals surface area contributed by atoms with Gasteiger partial charge < -0.3 is 37.3 Å². The monoisotopic (exact) mass is 569 g/mol. The number of amides is 5. The highest BCUT2D eigenvalue weighted by Gasteiger charge is 2.29. The summed E-state index contributed by atoms with van der Waals surface area (Å²) >= 11 is 0. The number of primary amides is 2. The van der Waals surface area contributed by atoms with Gasteiger partial charge in [-0.2, -0.15) is 0 Å². The van der Waals surface area contributed by atoms with E-state index in [-0.39, 0.29) is 25.9 Å². The van der Waals surface area contributed by atoms with E-state index in [0.29, 0.717) is 12.8 Å². The van der Waals surface area contributed by atoms with Crippen LogP contribution in [0.5, 0.6) is 0 Å². The summed E-state index contributed by atoms with van der Waals surface area (Å²) in [5.74, 6) is -2.84. The van der Waals surface area contributed by atoms with Crippen LogP contribution in [0.25, 0.3) is 0 Å². The van der Waals surface area contributed by atoms with Gasteiger partial charge in [0.25, 0.3) is 0 Å². The molecule has 0 aromatic heterocycles. The van der Waals surface area contributed by atoms with Crippen LogP contribution in [-0.4, -0.2) is 59.1 Å². The number of aliphatic hydroxyl groups excluding tert-OH is 1. The second-order valence-corrected chi connectivity index (χ2v) is 9.65. The van der Waals surface area contributed by atoms with Gasteiger partial charge in [0.15, 0.2) is 0 Å². The van der Waals surface area contributed by atoms with Crippen LogP contribution in [0.2, 0.25) is 0 Å². The van der Waals surface area contributed by atoms with Crippen molar-refractivity contribution in [3.8, 4) is 0 Å². The molecule has 4 atom stereocenters. The molecular weight excluding hydrogens is 530 g/mol. The number of hydrogen-bond donors (Lipinski definition) is 6. The fraction of sp³-hybridized carbons (Fsp3) is 0.414. The Balaban J connectivity index is 2.08. The predicted octanol–water partition coefficient (Wildman–Crippen LogP) is 0.796. The molecule has 0 heterocycles. The molecule has 0 bridgehead atoms. The van der Waals surface area contributed by atoms with Crippen molar-refractivity contribution in [2.45, 2.75) is 76.3 Å². The maximum absolute atomic E-state index is 12.9. The van der Waals surface area contributed by atoms with Crippen molar-refractivity contribution in [3.63, 3.8) is 0 Å². The Labute approximate surface area is 239 Å². The van der Waals surface area contributed by atoms with Gasteiger partial charge in [-0.05, 0) is 30.4 Å². The summed E-state index contributed by atoms with van der Waals surface area (Å²) in [6, 6.07) is 15.0. The first-order chi connectivity index (χ1) is 19.6. The van der Waals surface area contributed by atoms with Crippen LogP contribution in [0.3, 0.4) is 0 Å². The maximum atomic E-state index is 12.9. The first-order valence-electron chi connectivity index (χ1n) is 13.5. The molecule has 12 heteroatoms. The van der Waals surface area contributed by atoms with E-state index >= 15 is 0 Å². The molecule has 0 fully saturated rings. The van der Waals surface area contributed by atoms with Gasteiger partial charge in [0.05, 0.1) is 18.6 Å². The van der Waals surface area contributed by atoms with Gasteiger partial charge in [-0.3, -0.25) is 19.2 Å². The van der Waals surface area contributed by atoms with Crippen molar-refractivity contribution in [1.82, 2.24) is 16.0 Å². The van der Waals surface area contributed by atoms with Crippen LogP contribution in [0.1, 0.15) is 50.2 Å². The Kier molecular flexibility index (Phi) is 13.8. The zero-order valence-corrected chi connectivity index (χ0v) is 23.1. The zero-order chi connectivity index (χ0) is 30.2. The Bertz CT molecular complexity index is 1150. The standard InChI is InChI=1S/C29H39N5O7/c1-2-9-21(27(31)38)33-28(39)22(14-15-25(30)36)32-26(37)17-24(35)23(16-19-10-5-3-6-11-19)34-29(40)41-18-20-12-7-4-8-13-20/h3-8,10-13,21-24,35H,2,9,14-18H2,1H3,(H2,30,36)(H2,31,38)(H,32,37)(H,33,39)(H,34,40)/t21-,22-,23-,24-/m0/s1. The van der Waals surface area contributed by atoms with E-state index < -0.39 is 60.4 Å². The molecule has 0 aliphatic rings. The normalized spacial score (nSPS) is 13.6. The van der Waals surface area contributed by atoms with Crippen LogP contribution >= 0.6 is 0 Å². The van der Waals surface area contributed by atoms with Crippen molar-refractivity contribution in [2.24, 2.45) is 11.5 Å². The maximum Gasteiger partial charge on any atom is 0.407 e. The van der Waals surface area contributed by atoms with Gasteiger partial charge >= 0.3 is 6.09 Å². The zero-order valence-electron chi connectivity index (χ0n) is 23.1. The van der Waals surface area contributed by atoms with Gasteiger partial charge in [0.2, 0.25) is 23.6 Å². The predicted molar refractivity (Wildman–Crippen MR) is 151 cm³/mol. The van der Waals surface area contributed by atoms with E-state index in [9.17, 15) is 29.1 Å². The summed E-state index contributed by atoms with van der Waals surface area (Å²) in [6.45, 7) is 1.83. The van der Waals surface area contributed by atoms with Crippen LogP contribution in [0.4, 0.5) is 4.79 Å². The Hall–Kier alpha value is -4.45. The largest absolute Gasteiger partial charge is 0.445 e. The van der Waals surface area contributed by atoms with E-state index in [1.807, 2.05) is 43.3 Å². The first-order valence-corrected chi connectivity index (χ1v) is 13.5. The quantitative estimate of drug-likeness (QED) is 0.161. The third kappa shape index (κ3) is 12.5. The van der Waals surface area contributed by atoms with Crippen molar-refractivity contribution in [3.05, 3.63) is 71.8 Å². The summed E-state index contributed by atoms with van der Waals surface area (Å²) < 4.78 is 5.28. The van der Waals surface area contributed by atoms with Crippen molar-refractivity contribution in [2.75, 3.05) is 0 Å². The average molecular weight is 570 g/mol. The number of carbonyl (C=O) groups excluding carboxylic acids is 5. The summed E-state index contributed by atoms with van der Waals surface area (Å²) in [7, 11) is 0. The van der Waals surface area contributed by atoms with E-state index in [4.69, 9.17) is 16.2 Å². The molecule has 0 aliphatic carbocycles. The van der Waals surface area contributed by atoms with Crippen molar-refractivity contribution in [1.29, 1.82) is 0 Å². The molecule has 2 rings (SSSR count). The van der Waals surface area contributed by atoms with Crippen molar-refractivity contribution < 1.29 is 33.8 Å². The first kappa shape index (κ1) is 32.8. The van der Waals surface area contributed by atoms with Crippen LogP contribution in [0, 0.1) is 0 Å². The number of nitrogens with two attached hydrogens (primary N) is 2. The number of alkyl carbamates (subject to hydrolysis) is 1. The average Bonchev–Trinajstić information content (AvgIpc) is 2.94. The smallest absolute Gasteiger partial charge is 0.407 e. The number of ether oxygens (including phenoxy) is 1. The summed E-state index contributed by atoms with van der Waals surface area (Å²) in [4.78, 5) is 61.4. The lowest BCUT2D eigenvalue weighted by Gasteiger charge is -2.25. The second kappa shape index (κ2) is 17.3. The summed E-state index contributed by atoms with van der Waals surface area (Å²) in [5, 5.41) is 18.6. The van der Waals surface area contributed by atoms with Gasteiger partial charge in [0, 0.05) is 6.42 Å². The lowest BCUT2D eigenvalue weighted by molar-refractivity contribution is -0.132. The van der Waals surface area contributed by atoms with Crippen LogP contribution in [-0.2, 0) is 36.9 Å². The van der Waals surface area contributed by atoms with E-state index in [2.05, 4.69) is 16.0 Å². The minimum Gasteiger partial charge on any atom is -0.445 e. The van der Waals surface area contributed by atoms with Crippen LogP contribution < -0.4 is 27.4 Å². The molecule has 0 saturated heterocycles. The highest BCUT2D eigenvalue weighted by molar-refractivity contribution is 5.92. The molecule has 2 aromatic rings. The van der Waals surface area contributed by atoms with Gasteiger partial charge in [-0.25, -0.2) is 4.79 Å². The van der Waals surface area contributed by atoms with E-state index in [1.54, 1.807) is 24.3 Å². The Morgan fingerprint density at radius 1 is 0.829 bits per heavy atom. The number of nitrogens with one attached hydrogen (secondary N) is 3. The van der Waals surface area contributed by atoms with Gasteiger partial charge in [-0.1, -0.05) is 74.0 Å².